The Morgan fingerprint density at radius 1 is 1.15 bits per heavy atom. The van der Waals surface area contributed by atoms with Crippen LogP contribution in [0.3, 0.4) is 0 Å². The van der Waals surface area contributed by atoms with Gasteiger partial charge < -0.3 is 5.32 Å². The van der Waals surface area contributed by atoms with E-state index in [-0.39, 0.29) is 11.4 Å². The number of benzene rings is 1. The van der Waals surface area contributed by atoms with Crippen LogP contribution in [0, 0.1) is 17.5 Å². The summed E-state index contributed by atoms with van der Waals surface area (Å²) >= 11 is 0. The van der Waals surface area contributed by atoms with Gasteiger partial charge in [-0.25, -0.2) is 23.1 Å². The molecule has 3 nitrogen and oxygen atoms in total. The van der Waals surface area contributed by atoms with Crippen molar-refractivity contribution in [3.8, 4) is 11.4 Å². The van der Waals surface area contributed by atoms with Gasteiger partial charge in [-0.3, -0.25) is 0 Å². The molecule has 0 spiro atoms. The average molecular weight is 281 g/mol. The lowest BCUT2D eigenvalue weighted by atomic mass is 10.2. The van der Waals surface area contributed by atoms with Crippen LogP contribution < -0.4 is 5.32 Å². The lowest BCUT2D eigenvalue weighted by Crippen LogP contribution is -2.15. The first-order valence-corrected chi connectivity index (χ1v) is 6.29. The van der Waals surface area contributed by atoms with Crippen LogP contribution in [0.1, 0.15) is 19.0 Å². The van der Waals surface area contributed by atoms with Gasteiger partial charge in [0.25, 0.3) is 0 Å². The lowest BCUT2D eigenvalue weighted by Gasteiger charge is -2.06. The fraction of sp³-hybridized carbons (Fsp3) is 0.286. The molecular weight excluding hydrogens is 267 g/mol. The third-order valence-electron chi connectivity index (χ3n) is 2.69. The molecule has 0 saturated heterocycles. The van der Waals surface area contributed by atoms with Crippen molar-refractivity contribution in [2.24, 2.45) is 0 Å². The van der Waals surface area contributed by atoms with E-state index in [9.17, 15) is 13.2 Å². The molecule has 0 amide bonds. The maximum atomic E-state index is 13.2. The van der Waals surface area contributed by atoms with Gasteiger partial charge in [0.05, 0.1) is 5.69 Å². The molecule has 0 radical (unpaired) electrons. The third-order valence-corrected chi connectivity index (χ3v) is 2.69. The van der Waals surface area contributed by atoms with Crippen LogP contribution in [0.5, 0.6) is 0 Å². The minimum atomic E-state index is -1.49. The highest BCUT2D eigenvalue weighted by Crippen LogP contribution is 2.20. The van der Waals surface area contributed by atoms with Gasteiger partial charge in [0, 0.05) is 18.3 Å². The largest absolute Gasteiger partial charge is 0.311 e. The molecule has 6 heteroatoms. The van der Waals surface area contributed by atoms with Crippen molar-refractivity contribution < 1.29 is 13.2 Å². The predicted octanol–water partition coefficient (Wildman–Crippen LogP) is 3.06. The summed E-state index contributed by atoms with van der Waals surface area (Å²) in [6.07, 6.45) is 2.50. The molecule has 1 aromatic heterocycles. The summed E-state index contributed by atoms with van der Waals surface area (Å²) in [6, 6.07) is 3.48. The second kappa shape index (κ2) is 6.47. The minimum absolute atomic E-state index is 0.110. The van der Waals surface area contributed by atoms with Crippen molar-refractivity contribution in [2.45, 2.75) is 19.9 Å². The summed E-state index contributed by atoms with van der Waals surface area (Å²) < 4.78 is 39.3. The number of nitrogens with zero attached hydrogens (tertiary/aromatic N) is 2. The maximum absolute atomic E-state index is 13.2. The monoisotopic (exact) mass is 281 g/mol. The number of nitrogens with one attached hydrogen (secondary N) is 1. The minimum Gasteiger partial charge on any atom is -0.311 e. The Labute approximate surface area is 114 Å². The molecule has 0 aliphatic carbocycles. The van der Waals surface area contributed by atoms with Crippen molar-refractivity contribution in [1.29, 1.82) is 0 Å². The van der Waals surface area contributed by atoms with Crippen LogP contribution in [-0.2, 0) is 6.54 Å². The van der Waals surface area contributed by atoms with Gasteiger partial charge in [0.1, 0.15) is 0 Å². The normalized spacial score (nSPS) is 10.8. The Bertz CT molecular complexity index is 579. The highest BCUT2D eigenvalue weighted by atomic mass is 19.2. The van der Waals surface area contributed by atoms with E-state index < -0.39 is 17.5 Å². The summed E-state index contributed by atoms with van der Waals surface area (Å²) in [5.41, 5.74) is 0.812. The van der Waals surface area contributed by atoms with Gasteiger partial charge in [-0.05, 0) is 31.2 Å². The van der Waals surface area contributed by atoms with Crippen LogP contribution in [0.25, 0.3) is 11.4 Å². The zero-order valence-corrected chi connectivity index (χ0v) is 11.0. The predicted molar refractivity (Wildman–Crippen MR) is 69.3 cm³/mol. The third kappa shape index (κ3) is 3.33. The number of aromatic nitrogens is 2. The van der Waals surface area contributed by atoms with Gasteiger partial charge in [-0.15, -0.1) is 0 Å². The topological polar surface area (TPSA) is 37.8 Å². The van der Waals surface area contributed by atoms with Crippen LogP contribution in [0.2, 0.25) is 0 Å². The summed E-state index contributed by atoms with van der Waals surface area (Å²) in [5.74, 6) is -3.83. The summed E-state index contributed by atoms with van der Waals surface area (Å²) in [5, 5.41) is 3.16. The van der Waals surface area contributed by atoms with E-state index in [1.54, 1.807) is 6.07 Å². The molecule has 0 unspecified atom stereocenters. The van der Waals surface area contributed by atoms with Gasteiger partial charge in [-0.2, -0.15) is 0 Å². The quantitative estimate of drug-likeness (QED) is 0.676. The standard InChI is InChI=1S/C14H14F3N3/c1-2-4-18-8-10-3-5-19-14(20-10)9-6-11(15)13(17)12(16)7-9/h3,5-7,18H,2,4,8H2,1H3. The highest BCUT2D eigenvalue weighted by Gasteiger charge is 2.13. The Morgan fingerprint density at radius 2 is 1.85 bits per heavy atom. The molecule has 20 heavy (non-hydrogen) atoms. The fourth-order valence-electron chi connectivity index (χ4n) is 1.71. The Balaban J connectivity index is 2.26. The Hall–Kier alpha value is -1.95. The van der Waals surface area contributed by atoms with Crippen LogP contribution in [-0.4, -0.2) is 16.5 Å². The van der Waals surface area contributed by atoms with Gasteiger partial charge in [0.2, 0.25) is 0 Å². The van der Waals surface area contributed by atoms with Gasteiger partial charge in [0.15, 0.2) is 23.3 Å². The van der Waals surface area contributed by atoms with E-state index in [2.05, 4.69) is 15.3 Å². The van der Waals surface area contributed by atoms with Crippen molar-refractivity contribution in [2.75, 3.05) is 6.54 Å². The van der Waals surface area contributed by atoms with E-state index in [1.807, 2.05) is 6.92 Å². The Kier molecular flexibility index (Phi) is 4.68. The van der Waals surface area contributed by atoms with Crippen LogP contribution in [0.15, 0.2) is 24.4 Å². The van der Waals surface area contributed by atoms with Crippen LogP contribution >= 0.6 is 0 Å². The van der Waals surface area contributed by atoms with E-state index in [0.29, 0.717) is 12.2 Å². The van der Waals surface area contributed by atoms with Gasteiger partial charge in [-0.1, -0.05) is 6.92 Å². The molecule has 0 aliphatic rings. The molecule has 0 saturated carbocycles. The molecule has 0 fully saturated rings. The number of rotatable bonds is 5. The van der Waals surface area contributed by atoms with E-state index in [4.69, 9.17) is 0 Å². The molecular formula is C14H14F3N3. The van der Waals surface area contributed by atoms with Gasteiger partial charge >= 0.3 is 0 Å². The zero-order valence-electron chi connectivity index (χ0n) is 11.0. The first-order chi connectivity index (χ1) is 9.61. The molecule has 106 valence electrons. The molecule has 2 aromatic rings. The molecule has 0 aliphatic heterocycles. The second-order valence-electron chi connectivity index (χ2n) is 4.30. The zero-order chi connectivity index (χ0) is 14.5. The number of hydrogen-bond donors (Lipinski definition) is 1. The van der Waals surface area contributed by atoms with Crippen molar-refractivity contribution in [1.82, 2.24) is 15.3 Å². The van der Waals surface area contributed by atoms with Crippen molar-refractivity contribution in [3.63, 3.8) is 0 Å². The van der Waals surface area contributed by atoms with Crippen molar-refractivity contribution >= 4 is 0 Å². The average Bonchev–Trinajstić information content (AvgIpc) is 2.45. The first kappa shape index (κ1) is 14.5. The molecule has 1 aromatic carbocycles. The molecule has 0 atom stereocenters. The van der Waals surface area contributed by atoms with Crippen LogP contribution in [0.4, 0.5) is 13.2 Å². The Morgan fingerprint density at radius 3 is 2.50 bits per heavy atom. The smallest absolute Gasteiger partial charge is 0.194 e. The number of halogens is 3. The van der Waals surface area contributed by atoms with Crippen molar-refractivity contribution in [3.05, 3.63) is 47.5 Å². The first-order valence-electron chi connectivity index (χ1n) is 6.29. The van der Waals surface area contributed by atoms with E-state index in [1.165, 1.54) is 6.20 Å². The molecule has 1 heterocycles. The SMILES string of the molecule is CCCNCc1ccnc(-c2cc(F)c(F)c(F)c2)n1. The molecule has 0 bridgehead atoms. The lowest BCUT2D eigenvalue weighted by molar-refractivity contribution is 0.447. The maximum Gasteiger partial charge on any atom is 0.194 e. The summed E-state index contributed by atoms with van der Waals surface area (Å²) in [7, 11) is 0. The molecule has 1 N–H and O–H groups in total. The second-order valence-corrected chi connectivity index (χ2v) is 4.30. The summed E-state index contributed by atoms with van der Waals surface area (Å²) in [4.78, 5) is 8.15. The number of hydrogen-bond acceptors (Lipinski definition) is 3. The highest BCUT2D eigenvalue weighted by molar-refractivity contribution is 5.55. The fourth-order valence-corrected chi connectivity index (χ4v) is 1.71. The summed E-state index contributed by atoms with van der Waals surface area (Å²) in [6.45, 7) is 3.43. The van der Waals surface area contributed by atoms with E-state index >= 15 is 0 Å². The van der Waals surface area contributed by atoms with E-state index in [0.717, 1.165) is 25.1 Å². The molecule has 2 rings (SSSR count).